The van der Waals surface area contributed by atoms with Crippen LogP contribution in [0.15, 0.2) is 84.8 Å². The molecule has 5 rings (SSSR count). The quantitative estimate of drug-likeness (QED) is 0.341. The van der Waals surface area contributed by atoms with Crippen LogP contribution in [0.3, 0.4) is 0 Å². The van der Waals surface area contributed by atoms with Gasteiger partial charge in [-0.05, 0) is 46.3 Å². The Labute approximate surface area is 171 Å². The minimum atomic E-state index is -0.243. The van der Waals surface area contributed by atoms with E-state index in [1.165, 1.54) is 16.0 Å². The molecular weight excluding hydrogens is 438 g/mol. The molecule has 0 aliphatic carbocycles. The van der Waals surface area contributed by atoms with E-state index in [-0.39, 0.29) is 5.56 Å². The number of nitrogens with zero attached hydrogens (tertiary/aromatic N) is 3. The Morgan fingerprint density at radius 2 is 1.93 bits per heavy atom. The average molecular weight is 450 g/mol. The van der Waals surface area contributed by atoms with Crippen LogP contribution in [-0.4, -0.2) is 15.9 Å². The van der Waals surface area contributed by atoms with Gasteiger partial charge in [0, 0.05) is 20.1 Å². The molecule has 7 heteroatoms. The molecule has 0 aliphatic heterocycles. The second-order valence-corrected chi connectivity index (χ2v) is 7.99. The van der Waals surface area contributed by atoms with Crippen molar-refractivity contribution in [3.8, 4) is 11.6 Å². The molecule has 5 aromatic rings. The van der Waals surface area contributed by atoms with Crippen LogP contribution in [0, 0.1) is 0 Å². The summed E-state index contributed by atoms with van der Waals surface area (Å²) in [5.74, 6) is 0.861. The fraction of sp³-hybridized carbons (Fsp3) is 0. The van der Waals surface area contributed by atoms with Gasteiger partial charge < -0.3 is 4.42 Å². The predicted octanol–water partition coefficient (Wildman–Crippen LogP) is 5.52. The second kappa shape index (κ2) is 6.85. The lowest BCUT2D eigenvalue weighted by Crippen LogP contribution is -2.20. The molecule has 2 aromatic carbocycles. The monoisotopic (exact) mass is 449 g/mol. The van der Waals surface area contributed by atoms with E-state index in [9.17, 15) is 4.79 Å². The molecule has 0 spiro atoms. The van der Waals surface area contributed by atoms with Crippen molar-refractivity contribution < 1.29 is 4.42 Å². The van der Waals surface area contributed by atoms with Crippen LogP contribution < -0.4 is 5.56 Å². The number of aromatic nitrogens is 2. The van der Waals surface area contributed by atoms with Crippen molar-refractivity contribution >= 4 is 55.4 Å². The van der Waals surface area contributed by atoms with Crippen molar-refractivity contribution in [1.82, 2.24) is 9.66 Å². The maximum Gasteiger partial charge on any atom is 0.282 e. The van der Waals surface area contributed by atoms with Gasteiger partial charge in [0.2, 0.25) is 5.82 Å². The van der Waals surface area contributed by atoms with Crippen LogP contribution in [0.1, 0.15) is 4.88 Å². The first-order valence-corrected chi connectivity index (χ1v) is 10.2. The molecule has 3 aromatic heterocycles. The summed E-state index contributed by atoms with van der Waals surface area (Å²) in [6.45, 7) is 0. The van der Waals surface area contributed by atoms with E-state index in [0.717, 1.165) is 20.3 Å². The highest BCUT2D eigenvalue weighted by Crippen LogP contribution is 2.27. The molecule has 0 aliphatic rings. The smallest absolute Gasteiger partial charge is 0.282 e. The van der Waals surface area contributed by atoms with Crippen molar-refractivity contribution in [3.05, 3.63) is 85.7 Å². The summed E-state index contributed by atoms with van der Waals surface area (Å²) < 4.78 is 8.23. The van der Waals surface area contributed by atoms with Gasteiger partial charge in [-0.1, -0.05) is 30.3 Å². The molecule has 0 bridgehead atoms. The number of thiophene rings is 1. The van der Waals surface area contributed by atoms with Crippen LogP contribution in [0.4, 0.5) is 0 Å². The van der Waals surface area contributed by atoms with Crippen molar-refractivity contribution in [2.24, 2.45) is 5.10 Å². The molecule has 3 heterocycles. The van der Waals surface area contributed by atoms with Gasteiger partial charge in [0.05, 0.1) is 17.1 Å². The Balaban J connectivity index is 1.76. The Morgan fingerprint density at radius 3 is 2.75 bits per heavy atom. The van der Waals surface area contributed by atoms with E-state index in [2.05, 4.69) is 26.0 Å². The highest BCUT2D eigenvalue weighted by Gasteiger charge is 2.16. The lowest BCUT2D eigenvalue weighted by atomic mass is 10.2. The van der Waals surface area contributed by atoms with Gasteiger partial charge in [-0.2, -0.15) is 9.78 Å². The third kappa shape index (κ3) is 2.98. The Bertz CT molecular complexity index is 1380. The average Bonchev–Trinajstić information content (AvgIpc) is 3.33. The molecule has 0 unspecified atom stereocenters. The number of benzene rings is 2. The van der Waals surface area contributed by atoms with Crippen molar-refractivity contribution in [3.63, 3.8) is 0 Å². The molecule has 0 fully saturated rings. The lowest BCUT2D eigenvalue weighted by molar-refractivity contribution is 0.616. The molecule has 0 amide bonds. The Hall–Kier alpha value is -3.03. The van der Waals surface area contributed by atoms with Crippen LogP contribution in [-0.2, 0) is 0 Å². The van der Waals surface area contributed by atoms with Crippen LogP contribution >= 0.6 is 27.3 Å². The van der Waals surface area contributed by atoms with Gasteiger partial charge in [0.15, 0.2) is 5.76 Å². The van der Waals surface area contributed by atoms with Crippen LogP contribution in [0.5, 0.6) is 0 Å². The molecule has 0 saturated heterocycles. The number of para-hydroxylation sites is 2. The first-order valence-electron chi connectivity index (χ1n) is 8.48. The fourth-order valence-electron chi connectivity index (χ4n) is 2.99. The predicted molar refractivity (Wildman–Crippen MR) is 116 cm³/mol. The number of halogens is 1. The molecule has 0 N–H and O–H groups in total. The maximum atomic E-state index is 13.1. The molecular formula is C21H12BrN3O2S. The normalized spacial score (nSPS) is 11.8. The summed E-state index contributed by atoms with van der Waals surface area (Å²) in [6.07, 6.45) is 1.65. The zero-order chi connectivity index (χ0) is 19.1. The van der Waals surface area contributed by atoms with E-state index in [1.54, 1.807) is 12.3 Å². The lowest BCUT2D eigenvalue weighted by Gasteiger charge is -2.06. The Kier molecular flexibility index (Phi) is 4.18. The molecule has 0 atom stereocenters. The maximum absolute atomic E-state index is 13.1. The van der Waals surface area contributed by atoms with E-state index < -0.39 is 0 Å². The summed E-state index contributed by atoms with van der Waals surface area (Å²) in [6, 6.07) is 18.7. The van der Waals surface area contributed by atoms with Crippen LogP contribution in [0.2, 0.25) is 0 Å². The summed E-state index contributed by atoms with van der Waals surface area (Å²) in [5, 5.41) is 7.84. The van der Waals surface area contributed by atoms with Gasteiger partial charge in [-0.15, -0.1) is 11.3 Å². The number of hydrogen-bond acceptors (Lipinski definition) is 5. The van der Waals surface area contributed by atoms with Crippen molar-refractivity contribution in [2.45, 2.75) is 0 Å². The van der Waals surface area contributed by atoms with E-state index >= 15 is 0 Å². The Morgan fingerprint density at radius 1 is 1.11 bits per heavy atom. The largest absolute Gasteiger partial charge is 0.453 e. The SMILES string of the molecule is O=c1c2ccccc2nc(-c2cc3ccccc3o2)n1N=Cc1cc(Br)cs1. The van der Waals surface area contributed by atoms with E-state index in [1.807, 2.05) is 60.0 Å². The third-order valence-electron chi connectivity index (χ3n) is 4.29. The van der Waals surface area contributed by atoms with Crippen molar-refractivity contribution in [1.29, 1.82) is 0 Å². The fourth-order valence-corrected chi connectivity index (χ4v) is 4.29. The standard InChI is InChI=1S/C21H12BrN3O2S/c22-14-10-15(28-12-14)11-23-25-20(19-9-13-5-1-4-8-18(13)27-19)24-17-7-3-2-6-16(17)21(25)26/h1-12H. The second-order valence-electron chi connectivity index (χ2n) is 6.13. The minimum Gasteiger partial charge on any atom is -0.453 e. The highest BCUT2D eigenvalue weighted by atomic mass is 79.9. The molecule has 136 valence electrons. The van der Waals surface area contributed by atoms with Gasteiger partial charge in [-0.25, -0.2) is 4.98 Å². The summed E-state index contributed by atoms with van der Waals surface area (Å²) in [5.41, 5.74) is 1.10. The number of rotatable bonds is 3. The van der Waals surface area contributed by atoms with Gasteiger partial charge in [-0.3, -0.25) is 4.79 Å². The summed E-state index contributed by atoms with van der Waals surface area (Å²) >= 11 is 4.96. The summed E-state index contributed by atoms with van der Waals surface area (Å²) in [4.78, 5) is 18.7. The van der Waals surface area contributed by atoms with Gasteiger partial charge in [0.25, 0.3) is 5.56 Å². The zero-order valence-electron chi connectivity index (χ0n) is 14.4. The topological polar surface area (TPSA) is 60.4 Å². The molecule has 0 saturated carbocycles. The zero-order valence-corrected chi connectivity index (χ0v) is 16.8. The number of hydrogen-bond donors (Lipinski definition) is 0. The third-order valence-corrected chi connectivity index (χ3v) is 5.92. The van der Waals surface area contributed by atoms with Gasteiger partial charge in [0.1, 0.15) is 5.58 Å². The molecule has 5 nitrogen and oxygen atoms in total. The molecule has 0 radical (unpaired) electrons. The first-order chi connectivity index (χ1) is 13.7. The van der Waals surface area contributed by atoms with Gasteiger partial charge >= 0.3 is 0 Å². The van der Waals surface area contributed by atoms with E-state index in [0.29, 0.717) is 22.5 Å². The number of furan rings is 1. The highest BCUT2D eigenvalue weighted by molar-refractivity contribution is 9.10. The van der Waals surface area contributed by atoms with Crippen LogP contribution in [0.25, 0.3) is 33.5 Å². The summed E-state index contributed by atoms with van der Waals surface area (Å²) in [7, 11) is 0. The minimum absolute atomic E-state index is 0.243. The van der Waals surface area contributed by atoms with Crippen molar-refractivity contribution in [2.75, 3.05) is 0 Å². The number of fused-ring (bicyclic) bond motifs is 2. The van der Waals surface area contributed by atoms with E-state index in [4.69, 9.17) is 4.42 Å². The molecule has 28 heavy (non-hydrogen) atoms. The first kappa shape index (κ1) is 17.1.